The smallest absolute Gasteiger partial charge is 0.316 e. The third-order valence-electron chi connectivity index (χ3n) is 6.34. The van der Waals surface area contributed by atoms with Crippen LogP contribution in [0.1, 0.15) is 33.6 Å². The van der Waals surface area contributed by atoms with Crippen LogP contribution in [0, 0.1) is 0 Å². The van der Waals surface area contributed by atoms with Crippen molar-refractivity contribution < 1.29 is 19.1 Å². The fraction of sp³-hybridized carbons (Fsp3) is 0.280. The van der Waals surface area contributed by atoms with Gasteiger partial charge < -0.3 is 14.4 Å². The van der Waals surface area contributed by atoms with Gasteiger partial charge in [-0.3, -0.25) is 9.59 Å². The molecule has 0 aliphatic carbocycles. The first-order valence-electron chi connectivity index (χ1n) is 10.4. The summed E-state index contributed by atoms with van der Waals surface area (Å²) in [6.07, 6.45) is 1.10. The lowest BCUT2D eigenvalue weighted by Gasteiger charge is -2.40. The molecule has 31 heavy (non-hydrogen) atoms. The van der Waals surface area contributed by atoms with Crippen LogP contribution in [-0.2, 0) is 21.6 Å². The summed E-state index contributed by atoms with van der Waals surface area (Å²) in [6.45, 7) is 1.51. The zero-order valence-corrected chi connectivity index (χ0v) is 18.1. The predicted molar refractivity (Wildman–Crippen MR) is 119 cm³/mol. The Labute approximate surface area is 185 Å². The van der Waals surface area contributed by atoms with Gasteiger partial charge in [0.1, 0.15) is 12.4 Å². The predicted octanol–water partition coefficient (Wildman–Crippen LogP) is 4.65. The molecule has 0 N–H and O–H groups in total. The second kappa shape index (κ2) is 7.85. The third-order valence-corrected chi connectivity index (χ3v) is 7.54. The van der Waals surface area contributed by atoms with Crippen molar-refractivity contribution in [3.63, 3.8) is 0 Å². The molecule has 0 bridgehead atoms. The van der Waals surface area contributed by atoms with E-state index < -0.39 is 5.41 Å². The number of esters is 1. The minimum Gasteiger partial charge on any atom is -0.488 e. The Bertz CT molecular complexity index is 1130. The monoisotopic (exact) mass is 433 g/mol. The number of nitrogens with zero attached hydrogens (tertiary/aromatic N) is 1. The molecule has 2 aliphatic heterocycles. The first-order valence-corrected chi connectivity index (χ1v) is 11.2. The summed E-state index contributed by atoms with van der Waals surface area (Å²) in [5.74, 6) is 0.647. The summed E-state index contributed by atoms with van der Waals surface area (Å²) < 4.78 is 11.0. The number of hydrogen-bond donors (Lipinski definition) is 0. The van der Waals surface area contributed by atoms with Crippen molar-refractivity contribution in [1.29, 1.82) is 0 Å². The highest BCUT2D eigenvalue weighted by Gasteiger charge is 2.45. The molecule has 5 nitrogen and oxygen atoms in total. The minimum atomic E-state index is -0.700. The summed E-state index contributed by atoms with van der Waals surface area (Å²) >= 11 is 1.52. The van der Waals surface area contributed by atoms with Gasteiger partial charge in [0.15, 0.2) is 0 Å². The topological polar surface area (TPSA) is 55.8 Å². The largest absolute Gasteiger partial charge is 0.488 e. The maximum Gasteiger partial charge on any atom is 0.316 e. The van der Waals surface area contributed by atoms with E-state index in [9.17, 15) is 9.59 Å². The van der Waals surface area contributed by atoms with Gasteiger partial charge in [-0.1, -0.05) is 42.5 Å². The number of para-hydroxylation sites is 1. The molecule has 0 atom stereocenters. The second-order valence-corrected chi connectivity index (χ2v) is 9.03. The maximum atomic E-state index is 13.3. The maximum absolute atomic E-state index is 13.3. The van der Waals surface area contributed by atoms with Crippen LogP contribution in [0.5, 0.6) is 5.75 Å². The number of benzene rings is 2. The Hall–Kier alpha value is -3.12. The lowest BCUT2D eigenvalue weighted by Crippen LogP contribution is -2.49. The van der Waals surface area contributed by atoms with Crippen LogP contribution >= 0.6 is 11.3 Å². The lowest BCUT2D eigenvalue weighted by molar-refractivity contribution is -0.149. The molecule has 6 heteroatoms. The van der Waals surface area contributed by atoms with E-state index in [1.165, 1.54) is 18.4 Å². The zero-order chi connectivity index (χ0) is 21.4. The normalized spacial score (nSPS) is 16.6. The molecule has 2 aromatic carbocycles. The van der Waals surface area contributed by atoms with Crippen LogP contribution in [0.25, 0.3) is 10.4 Å². The fourth-order valence-electron chi connectivity index (χ4n) is 4.62. The fourth-order valence-corrected chi connectivity index (χ4v) is 5.78. The van der Waals surface area contributed by atoms with E-state index in [0.717, 1.165) is 32.2 Å². The Balaban J connectivity index is 1.38. The molecule has 0 saturated carbocycles. The highest BCUT2D eigenvalue weighted by Crippen LogP contribution is 2.43. The van der Waals surface area contributed by atoms with Gasteiger partial charge >= 0.3 is 5.97 Å². The van der Waals surface area contributed by atoms with Gasteiger partial charge in [-0.05, 0) is 36.6 Å². The Morgan fingerprint density at radius 1 is 1.03 bits per heavy atom. The molecule has 158 valence electrons. The number of piperidine rings is 1. The number of thiophene rings is 1. The lowest BCUT2D eigenvalue weighted by atomic mass is 9.72. The van der Waals surface area contributed by atoms with Crippen molar-refractivity contribution >= 4 is 23.2 Å². The molecule has 1 saturated heterocycles. The molecular weight excluding hydrogens is 410 g/mol. The van der Waals surface area contributed by atoms with Crippen LogP contribution in [0.2, 0.25) is 0 Å². The molecule has 0 radical (unpaired) electrons. The summed E-state index contributed by atoms with van der Waals surface area (Å²) in [7, 11) is 1.43. The van der Waals surface area contributed by atoms with Gasteiger partial charge in [-0.2, -0.15) is 0 Å². The number of carbonyl (C=O) groups is 2. The van der Waals surface area contributed by atoms with Crippen LogP contribution in [-0.4, -0.2) is 37.0 Å². The van der Waals surface area contributed by atoms with E-state index in [4.69, 9.17) is 9.47 Å². The van der Waals surface area contributed by atoms with Gasteiger partial charge in [0, 0.05) is 29.1 Å². The summed E-state index contributed by atoms with van der Waals surface area (Å²) in [4.78, 5) is 29.7. The molecule has 2 aliphatic rings. The molecule has 0 spiro atoms. The molecule has 1 fully saturated rings. The van der Waals surface area contributed by atoms with Gasteiger partial charge in [-0.15, -0.1) is 11.3 Å². The van der Waals surface area contributed by atoms with Gasteiger partial charge in [0.2, 0.25) is 0 Å². The molecule has 1 amide bonds. The number of likely N-dealkylation sites (tertiary alicyclic amines) is 1. The number of methoxy groups -OCH3 is 1. The van der Waals surface area contributed by atoms with E-state index in [1.807, 2.05) is 65.6 Å². The quantitative estimate of drug-likeness (QED) is 0.564. The van der Waals surface area contributed by atoms with E-state index in [2.05, 4.69) is 0 Å². The number of rotatable bonds is 3. The van der Waals surface area contributed by atoms with Crippen LogP contribution in [0.4, 0.5) is 0 Å². The Kier molecular flexibility index (Phi) is 5.02. The van der Waals surface area contributed by atoms with Gasteiger partial charge in [-0.25, -0.2) is 0 Å². The number of amides is 1. The summed E-state index contributed by atoms with van der Waals surface area (Å²) in [6, 6.07) is 19.6. The summed E-state index contributed by atoms with van der Waals surface area (Å²) in [5, 5.41) is 0. The first kappa shape index (κ1) is 19.8. The molecule has 3 aromatic rings. The highest BCUT2D eigenvalue weighted by atomic mass is 32.1. The van der Waals surface area contributed by atoms with Gasteiger partial charge in [0.05, 0.1) is 17.4 Å². The SMILES string of the molecule is COC(=O)C1(c2ccccc2)CCN(C(=O)c2cc3c(s2)-c2ccccc2OC3)CC1. The van der Waals surface area contributed by atoms with Crippen molar-refractivity contribution in [2.75, 3.05) is 20.2 Å². The van der Waals surface area contributed by atoms with Crippen molar-refractivity contribution in [3.05, 3.63) is 76.7 Å². The average molecular weight is 434 g/mol. The number of ether oxygens (including phenoxy) is 2. The molecule has 0 unspecified atom stereocenters. The van der Waals surface area contributed by atoms with E-state index >= 15 is 0 Å². The third kappa shape index (κ3) is 3.31. The standard InChI is InChI=1S/C25H23NO4S/c1-29-24(28)25(18-7-3-2-4-8-18)11-13-26(14-12-25)23(27)21-15-17-16-30-20-10-6-5-9-19(20)22(17)31-21/h2-10,15H,11-14,16H2,1H3. The molecule has 1 aromatic heterocycles. The second-order valence-electron chi connectivity index (χ2n) is 7.98. The van der Waals surface area contributed by atoms with Crippen molar-refractivity contribution in [2.45, 2.75) is 24.9 Å². The van der Waals surface area contributed by atoms with E-state index in [0.29, 0.717) is 32.5 Å². The highest BCUT2D eigenvalue weighted by molar-refractivity contribution is 7.17. The van der Waals surface area contributed by atoms with E-state index in [-0.39, 0.29) is 11.9 Å². The summed E-state index contributed by atoms with van der Waals surface area (Å²) in [5.41, 5.74) is 2.35. The minimum absolute atomic E-state index is 0.0170. The number of hydrogen-bond acceptors (Lipinski definition) is 5. The number of fused-ring (bicyclic) bond motifs is 3. The zero-order valence-electron chi connectivity index (χ0n) is 17.3. The van der Waals surface area contributed by atoms with E-state index in [1.54, 1.807) is 0 Å². The Morgan fingerprint density at radius 3 is 2.48 bits per heavy atom. The van der Waals surface area contributed by atoms with Crippen molar-refractivity contribution in [2.24, 2.45) is 0 Å². The average Bonchev–Trinajstić information content (AvgIpc) is 3.29. The van der Waals surface area contributed by atoms with Crippen molar-refractivity contribution in [3.8, 4) is 16.2 Å². The van der Waals surface area contributed by atoms with Crippen LogP contribution < -0.4 is 4.74 Å². The van der Waals surface area contributed by atoms with Gasteiger partial charge in [0.25, 0.3) is 5.91 Å². The molecule has 5 rings (SSSR count). The Morgan fingerprint density at radius 2 is 1.74 bits per heavy atom. The van der Waals surface area contributed by atoms with Crippen molar-refractivity contribution in [1.82, 2.24) is 4.90 Å². The number of carbonyl (C=O) groups excluding carboxylic acids is 2. The molecular formula is C25H23NO4S. The first-order chi connectivity index (χ1) is 15.1. The van der Waals surface area contributed by atoms with Crippen LogP contribution in [0.15, 0.2) is 60.7 Å². The molecule has 3 heterocycles. The van der Waals surface area contributed by atoms with Crippen LogP contribution in [0.3, 0.4) is 0 Å².